The number of aliphatic hydroxyl groups is 1. The van der Waals surface area contributed by atoms with Crippen molar-refractivity contribution in [3.8, 4) is 22.4 Å². The molecule has 4 rings (SSSR count). The largest absolute Gasteiger partial charge is 0.457 e. The van der Waals surface area contributed by atoms with Gasteiger partial charge in [0.25, 0.3) is 5.19 Å². The second-order valence-corrected chi connectivity index (χ2v) is 6.86. The molecular formula is C21H17NO3S. The summed E-state index contributed by atoms with van der Waals surface area (Å²) >= 11 is 1.45. The van der Waals surface area contributed by atoms with E-state index in [1.54, 1.807) is 6.92 Å². The molecule has 0 aliphatic rings. The smallest absolute Gasteiger partial charge is 0.279 e. The molecule has 0 saturated carbocycles. The van der Waals surface area contributed by atoms with Gasteiger partial charge in [-0.25, -0.2) is 4.98 Å². The van der Waals surface area contributed by atoms with Gasteiger partial charge >= 0.3 is 0 Å². The average molecular weight is 363 g/mol. The van der Waals surface area contributed by atoms with Crippen LogP contribution in [0.5, 0.6) is 22.4 Å². The van der Waals surface area contributed by atoms with E-state index in [0.29, 0.717) is 10.9 Å². The van der Waals surface area contributed by atoms with Crippen LogP contribution < -0.4 is 9.47 Å². The van der Waals surface area contributed by atoms with Crippen LogP contribution in [0, 0.1) is 0 Å². The van der Waals surface area contributed by atoms with E-state index in [1.807, 2.05) is 72.8 Å². The Kier molecular flexibility index (Phi) is 4.56. The molecular weight excluding hydrogens is 346 g/mol. The van der Waals surface area contributed by atoms with Crippen molar-refractivity contribution < 1.29 is 14.6 Å². The SMILES string of the molecule is CC(O)c1ccc2nc(Oc3ccc(Oc4ccccc4)cc3)sc2c1. The number of hydrogen-bond donors (Lipinski definition) is 1. The number of aromatic nitrogens is 1. The Morgan fingerprint density at radius 3 is 2.19 bits per heavy atom. The third-order valence-corrected chi connectivity index (χ3v) is 4.78. The van der Waals surface area contributed by atoms with E-state index in [0.717, 1.165) is 27.3 Å². The van der Waals surface area contributed by atoms with Crippen LogP contribution in [0.2, 0.25) is 0 Å². The summed E-state index contributed by atoms with van der Waals surface area (Å²) in [6, 6.07) is 22.8. The first-order valence-corrected chi connectivity index (χ1v) is 9.08. The molecule has 3 aromatic carbocycles. The molecule has 0 radical (unpaired) electrons. The Morgan fingerprint density at radius 2 is 1.50 bits per heavy atom. The highest BCUT2D eigenvalue weighted by molar-refractivity contribution is 7.20. The molecule has 5 heteroatoms. The van der Waals surface area contributed by atoms with Crippen molar-refractivity contribution in [1.82, 2.24) is 4.98 Å². The normalized spacial score (nSPS) is 12.1. The Bertz CT molecular complexity index is 1010. The van der Waals surface area contributed by atoms with Gasteiger partial charge in [-0.2, -0.15) is 0 Å². The first-order valence-electron chi connectivity index (χ1n) is 8.27. The number of fused-ring (bicyclic) bond motifs is 1. The van der Waals surface area contributed by atoms with E-state index < -0.39 is 6.10 Å². The summed E-state index contributed by atoms with van der Waals surface area (Å²) < 4.78 is 12.6. The van der Waals surface area contributed by atoms with Crippen LogP contribution in [0.3, 0.4) is 0 Å². The average Bonchev–Trinajstić information content (AvgIpc) is 3.05. The third-order valence-electron chi connectivity index (χ3n) is 3.88. The first-order chi connectivity index (χ1) is 12.7. The summed E-state index contributed by atoms with van der Waals surface area (Å²) in [5.41, 5.74) is 1.73. The summed E-state index contributed by atoms with van der Waals surface area (Å²) in [6.45, 7) is 1.75. The highest BCUT2D eigenvalue weighted by Crippen LogP contribution is 2.33. The van der Waals surface area contributed by atoms with Gasteiger partial charge < -0.3 is 14.6 Å². The minimum absolute atomic E-state index is 0.497. The second kappa shape index (κ2) is 7.15. The van der Waals surface area contributed by atoms with Crippen molar-refractivity contribution in [2.75, 3.05) is 0 Å². The molecule has 0 aliphatic heterocycles. The van der Waals surface area contributed by atoms with Crippen LogP contribution in [-0.4, -0.2) is 10.1 Å². The molecule has 0 amide bonds. The first kappa shape index (κ1) is 16.6. The number of aliphatic hydroxyl groups excluding tert-OH is 1. The molecule has 4 nitrogen and oxygen atoms in total. The fourth-order valence-corrected chi connectivity index (χ4v) is 3.41. The van der Waals surface area contributed by atoms with Crippen molar-refractivity contribution in [2.24, 2.45) is 0 Å². The maximum absolute atomic E-state index is 9.70. The van der Waals surface area contributed by atoms with Crippen LogP contribution >= 0.6 is 11.3 Å². The van der Waals surface area contributed by atoms with Gasteiger partial charge in [-0.1, -0.05) is 35.6 Å². The van der Waals surface area contributed by atoms with Gasteiger partial charge in [-0.3, -0.25) is 0 Å². The Morgan fingerprint density at radius 1 is 0.846 bits per heavy atom. The quantitative estimate of drug-likeness (QED) is 0.477. The minimum atomic E-state index is -0.497. The second-order valence-electron chi connectivity index (χ2n) is 5.87. The van der Waals surface area contributed by atoms with Crippen molar-refractivity contribution in [1.29, 1.82) is 0 Å². The molecule has 1 unspecified atom stereocenters. The maximum Gasteiger partial charge on any atom is 0.279 e. The van der Waals surface area contributed by atoms with Gasteiger partial charge in [0.2, 0.25) is 0 Å². The zero-order chi connectivity index (χ0) is 17.9. The monoisotopic (exact) mass is 363 g/mol. The van der Waals surface area contributed by atoms with E-state index in [9.17, 15) is 5.11 Å². The molecule has 0 aliphatic carbocycles. The molecule has 0 spiro atoms. The van der Waals surface area contributed by atoms with E-state index in [2.05, 4.69) is 4.98 Å². The molecule has 26 heavy (non-hydrogen) atoms. The van der Waals surface area contributed by atoms with Crippen molar-refractivity contribution in [3.63, 3.8) is 0 Å². The topological polar surface area (TPSA) is 51.6 Å². The third kappa shape index (κ3) is 3.69. The number of para-hydroxylation sites is 1. The molecule has 0 fully saturated rings. The lowest BCUT2D eigenvalue weighted by molar-refractivity contribution is 0.199. The summed E-state index contributed by atoms with van der Waals surface area (Å²) in [4.78, 5) is 4.48. The lowest BCUT2D eigenvalue weighted by atomic mass is 10.1. The molecule has 1 N–H and O–H groups in total. The fraction of sp³-hybridized carbons (Fsp3) is 0.0952. The Hall–Kier alpha value is -2.89. The molecule has 130 valence electrons. The summed E-state index contributed by atoms with van der Waals surface area (Å²) in [5, 5.41) is 10.3. The lowest BCUT2D eigenvalue weighted by Gasteiger charge is -2.06. The number of thiazole rings is 1. The highest BCUT2D eigenvalue weighted by atomic mass is 32.1. The summed E-state index contributed by atoms with van der Waals surface area (Å²) in [6.07, 6.45) is -0.497. The molecule has 0 bridgehead atoms. The van der Waals surface area contributed by atoms with Gasteiger partial charge in [-0.15, -0.1) is 0 Å². The summed E-state index contributed by atoms with van der Waals surface area (Å²) in [7, 11) is 0. The maximum atomic E-state index is 9.70. The van der Waals surface area contributed by atoms with E-state index >= 15 is 0 Å². The molecule has 1 aromatic heterocycles. The highest BCUT2D eigenvalue weighted by Gasteiger charge is 2.09. The Balaban J connectivity index is 1.49. The fourth-order valence-electron chi connectivity index (χ4n) is 2.52. The van der Waals surface area contributed by atoms with Gasteiger partial charge in [0.05, 0.1) is 16.3 Å². The minimum Gasteiger partial charge on any atom is -0.457 e. The number of hydrogen-bond acceptors (Lipinski definition) is 5. The molecule has 1 atom stereocenters. The zero-order valence-corrected chi connectivity index (χ0v) is 14.9. The van der Waals surface area contributed by atoms with Crippen LogP contribution in [-0.2, 0) is 0 Å². The lowest BCUT2D eigenvalue weighted by Crippen LogP contribution is -1.89. The summed E-state index contributed by atoms with van der Waals surface area (Å²) in [5.74, 6) is 2.23. The standard InChI is InChI=1S/C21H17NO3S/c1-14(23)15-7-12-19-20(13-15)26-21(22-19)25-18-10-8-17(9-11-18)24-16-5-3-2-4-6-16/h2-14,23H,1H3. The van der Waals surface area contributed by atoms with Gasteiger partial charge in [-0.05, 0) is 61.0 Å². The Labute approximate surface area is 155 Å². The number of nitrogens with zero attached hydrogens (tertiary/aromatic N) is 1. The van der Waals surface area contributed by atoms with Gasteiger partial charge in [0.15, 0.2) is 0 Å². The van der Waals surface area contributed by atoms with E-state index in [1.165, 1.54) is 11.3 Å². The van der Waals surface area contributed by atoms with Crippen molar-refractivity contribution in [3.05, 3.63) is 78.4 Å². The molecule has 4 aromatic rings. The van der Waals surface area contributed by atoms with Crippen LogP contribution in [0.25, 0.3) is 10.2 Å². The number of benzene rings is 3. The number of rotatable bonds is 5. The number of ether oxygens (including phenoxy) is 2. The van der Waals surface area contributed by atoms with E-state index in [4.69, 9.17) is 9.47 Å². The van der Waals surface area contributed by atoms with Crippen LogP contribution in [0.1, 0.15) is 18.6 Å². The predicted molar refractivity (Wildman–Crippen MR) is 103 cm³/mol. The zero-order valence-electron chi connectivity index (χ0n) is 14.1. The van der Waals surface area contributed by atoms with Crippen molar-refractivity contribution >= 4 is 21.6 Å². The van der Waals surface area contributed by atoms with Gasteiger partial charge in [0, 0.05) is 0 Å². The molecule has 1 heterocycles. The molecule has 0 saturated heterocycles. The van der Waals surface area contributed by atoms with Crippen LogP contribution in [0.4, 0.5) is 0 Å². The van der Waals surface area contributed by atoms with Crippen molar-refractivity contribution in [2.45, 2.75) is 13.0 Å². The predicted octanol–water partition coefficient (Wildman–Crippen LogP) is 5.93. The van der Waals surface area contributed by atoms with Crippen LogP contribution in [0.15, 0.2) is 72.8 Å². The van der Waals surface area contributed by atoms with E-state index in [-0.39, 0.29) is 0 Å². The van der Waals surface area contributed by atoms with Gasteiger partial charge in [0.1, 0.15) is 17.2 Å².